The number of rotatable bonds is 6. The van der Waals surface area contributed by atoms with Gasteiger partial charge in [0.05, 0.1) is 4.92 Å². The average molecular weight is 310 g/mol. The van der Waals surface area contributed by atoms with E-state index < -0.39 is 10.7 Å². The maximum Gasteiger partial charge on any atom is 0.288 e. The smallest absolute Gasteiger partial charge is 0.288 e. The molecule has 0 aliphatic heterocycles. The molecule has 0 amide bonds. The molecule has 0 aliphatic rings. The molecule has 0 aliphatic carbocycles. The zero-order chi connectivity index (χ0) is 15.2. The van der Waals surface area contributed by atoms with E-state index >= 15 is 0 Å². The van der Waals surface area contributed by atoms with Crippen molar-refractivity contribution in [2.45, 2.75) is 17.2 Å². The number of hydrogen-bond acceptors (Lipinski definition) is 4. The molecule has 7 heteroatoms. The minimum absolute atomic E-state index is 0.0398. The van der Waals surface area contributed by atoms with E-state index in [4.69, 9.17) is 0 Å². The molecule has 0 fully saturated rings. The highest BCUT2D eigenvalue weighted by atomic mass is 32.2. The van der Waals surface area contributed by atoms with Gasteiger partial charge in [0.2, 0.25) is 0 Å². The van der Waals surface area contributed by atoms with Crippen molar-refractivity contribution in [3.63, 3.8) is 0 Å². The Labute approximate surface area is 124 Å². The molecule has 0 atom stereocenters. The van der Waals surface area contributed by atoms with E-state index in [9.17, 15) is 18.9 Å². The Morgan fingerprint density at radius 1 is 1.19 bits per heavy atom. The Hall–Kier alpha value is -2.15. The largest absolute Gasteiger partial charge is 0.381 e. The summed E-state index contributed by atoms with van der Waals surface area (Å²) < 4.78 is 24.4. The Kier molecular flexibility index (Phi) is 5.10. The third kappa shape index (κ3) is 4.71. The fourth-order valence-corrected chi connectivity index (χ4v) is 2.24. The average Bonchev–Trinajstić information content (AvgIpc) is 2.46. The van der Waals surface area contributed by atoms with Gasteiger partial charge in [0.1, 0.15) is 0 Å². The van der Waals surface area contributed by atoms with Gasteiger partial charge in [0, 0.05) is 29.3 Å². The molecule has 0 saturated carbocycles. The second-order valence-corrected chi connectivity index (χ2v) is 5.25. The number of halogens is 2. The van der Waals surface area contributed by atoms with Gasteiger partial charge in [0.25, 0.3) is 11.4 Å². The second-order valence-electron chi connectivity index (χ2n) is 4.18. The number of anilines is 1. The van der Waals surface area contributed by atoms with Crippen molar-refractivity contribution in [2.75, 3.05) is 5.32 Å². The van der Waals surface area contributed by atoms with Gasteiger partial charge in [-0.25, -0.2) is 0 Å². The topological polar surface area (TPSA) is 55.2 Å². The first-order valence-electron chi connectivity index (χ1n) is 6.06. The van der Waals surface area contributed by atoms with E-state index in [0.29, 0.717) is 23.2 Å². The van der Waals surface area contributed by atoms with Crippen LogP contribution in [0.4, 0.5) is 20.2 Å². The number of thioether (sulfide) groups is 1. The van der Waals surface area contributed by atoms with Crippen LogP contribution in [-0.2, 0) is 6.54 Å². The van der Waals surface area contributed by atoms with E-state index in [1.165, 1.54) is 12.1 Å². The minimum Gasteiger partial charge on any atom is -0.381 e. The SMILES string of the molecule is O=[N+]([O-])c1cccc(CNc2ccc(SC(F)F)cc2)c1. The van der Waals surface area contributed by atoms with Crippen LogP contribution in [0.15, 0.2) is 53.4 Å². The summed E-state index contributed by atoms with van der Waals surface area (Å²) in [6, 6.07) is 12.9. The highest BCUT2D eigenvalue weighted by molar-refractivity contribution is 7.99. The molecule has 0 saturated heterocycles. The Balaban J connectivity index is 1.96. The summed E-state index contributed by atoms with van der Waals surface area (Å²) in [5, 5.41) is 13.8. The highest BCUT2D eigenvalue weighted by Gasteiger charge is 2.06. The number of hydrogen-bond donors (Lipinski definition) is 1. The summed E-state index contributed by atoms with van der Waals surface area (Å²) in [7, 11) is 0. The predicted octanol–water partition coefficient (Wildman–Crippen LogP) is 4.52. The van der Waals surface area contributed by atoms with Crippen molar-refractivity contribution in [3.8, 4) is 0 Å². The van der Waals surface area contributed by atoms with Crippen LogP contribution in [0.2, 0.25) is 0 Å². The first kappa shape index (κ1) is 15.2. The molecule has 0 heterocycles. The molecule has 1 N–H and O–H groups in total. The van der Waals surface area contributed by atoms with Crippen LogP contribution in [0.5, 0.6) is 0 Å². The molecule has 2 aromatic rings. The van der Waals surface area contributed by atoms with E-state index in [0.717, 1.165) is 11.3 Å². The Bertz CT molecular complexity index is 621. The number of non-ortho nitro benzene ring substituents is 1. The van der Waals surface area contributed by atoms with Crippen molar-refractivity contribution in [1.82, 2.24) is 0 Å². The molecule has 0 radical (unpaired) electrons. The lowest BCUT2D eigenvalue weighted by atomic mass is 10.2. The molecule has 0 spiro atoms. The number of nitro benzene ring substituents is 1. The van der Waals surface area contributed by atoms with E-state index in [1.807, 2.05) is 0 Å². The number of nitro groups is 1. The molecular formula is C14H12F2N2O2S. The number of nitrogens with zero attached hydrogens (tertiary/aromatic N) is 1. The monoisotopic (exact) mass is 310 g/mol. The number of nitrogens with one attached hydrogen (secondary N) is 1. The third-order valence-corrected chi connectivity index (χ3v) is 3.42. The van der Waals surface area contributed by atoms with E-state index in [2.05, 4.69) is 5.32 Å². The van der Waals surface area contributed by atoms with Gasteiger partial charge < -0.3 is 5.32 Å². The summed E-state index contributed by atoms with van der Waals surface area (Å²) >= 11 is 0.491. The first-order valence-corrected chi connectivity index (χ1v) is 6.94. The third-order valence-electron chi connectivity index (χ3n) is 2.70. The standard InChI is InChI=1S/C14H12F2N2O2S/c15-14(16)21-13-6-4-11(5-7-13)17-9-10-2-1-3-12(8-10)18(19)20/h1-8,14,17H,9H2. The second kappa shape index (κ2) is 7.03. The zero-order valence-electron chi connectivity index (χ0n) is 10.8. The van der Waals surface area contributed by atoms with Crippen LogP contribution in [0, 0.1) is 10.1 Å². The first-order chi connectivity index (χ1) is 10.0. The van der Waals surface area contributed by atoms with Gasteiger partial charge in [-0.15, -0.1) is 0 Å². The lowest BCUT2D eigenvalue weighted by Gasteiger charge is -2.07. The lowest BCUT2D eigenvalue weighted by molar-refractivity contribution is -0.384. The van der Waals surface area contributed by atoms with E-state index in [-0.39, 0.29) is 5.69 Å². The molecule has 0 bridgehead atoms. The summed E-state index contributed by atoms with van der Waals surface area (Å²) in [5.74, 6) is -2.44. The van der Waals surface area contributed by atoms with Gasteiger partial charge in [-0.2, -0.15) is 8.78 Å². The molecule has 110 valence electrons. The van der Waals surface area contributed by atoms with Crippen LogP contribution >= 0.6 is 11.8 Å². The van der Waals surface area contributed by atoms with Gasteiger partial charge >= 0.3 is 0 Å². The van der Waals surface area contributed by atoms with Crippen LogP contribution in [0.25, 0.3) is 0 Å². The predicted molar refractivity (Wildman–Crippen MR) is 78.7 cm³/mol. The van der Waals surface area contributed by atoms with Gasteiger partial charge in [0.15, 0.2) is 0 Å². The molecule has 4 nitrogen and oxygen atoms in total. The molecule has 2 aromatic carbocycles. The highest BCUT2D eigenvalue weighted by Crippen LogP contribution is 2.26. The summed E-state index contributed by atoms with van der Waals surface area (Å²) in [4.78, 5) is 10.7. The van der Waals surface area contributed by atoms with E-state index in [1.54, 1.807) is 36.4 Å². The fourth-order valence-electron chi connectivity index (χ4n) is 1.74. The van der Waals surface area contributed by atoms with Crippen molar-refractivity contribution in [1.29, 1.82) is 0 Å². The zero-order valence-corrected chi connectivity index (χ0v) is 11.6. The van der Waals surface area contributed by atoms with Crippen molar-refractivity contribution in [2.24, 2.45) is 0 Å². The quantitative estimate of drug-likeness (QED) is 0.484. The maximum atomic E-state index is 12.2. The number of benzene rings is 2. The molecular weight excluding hydrogens is 298 g/mol. The normalized spacial score (nSPS) is 10.6. The fraction of sp³-hybridized carbons (Fsp3) is 0.143. The lowest BCUT2D eigenvalue weighted by Crippen LogP contribution is -2.00. The maximum absolute atomic E-state index is 12.2. The molecule has 0 unspecified atom stereocenters. The molecule has 0 aromatic heterocycles. The Morgan fingerprint density at radius 2 is 1.90 bits per heavy atom. The van der Waals surface area contributed by atoms with Crippen LogP contribution < -0.4 is 5.32 Å². The van der Waals surface area contributed by atoms with Crippen LogP contribution in [0.3, 0.4) is 0 Å². The van der Waals surface area contributed by atoms with Crippen LogP contribution in [0.1, 0.15) is 5.56 Å². The summed E-state index contributed by atoms with van der Waals surface area (Å²) in [6.45, 7) is 0.420. The van der Waals surface area contributed by atoms with Gasteiger partial charge in [-0.05, 0) is 29.8 Å². The van der Waals surface area contributed by atoms with Crippen molar-refractivity contribution < 1.29 is 13.7 Å². The van der Waals surface area contributed by atoms with Crippen molar-refractivity contribution >= 4 is 23.1 Å². The number of alkyl halides is 2. The molecule has 21 heavy (non-hydrogen) atoms. The van der Waals surface area contributed by atoms with Crippen LogP contribution in [-0.4, -0.2) is 10.7 Å². The van der Waals surface area contributed by atoms with Crippen molar-refractivity contribution in [3.05, 3.63) is 64.2 Å². The summed E-state index contributed by atoms with van der Waals surface area (Å²) in [5.41, 5.74) is 1.58. The minimum atomic E-state index is -2.44. The Morgan fingerprint density at radius 3 is 2.52 bits per heavy atom. The van der Waals surface area contributed by atoms with Gasteiger partial charge in [-0.3, -0.25) is 10.1 Å². The molecule has 2 rings (SSSR count). The summed E-state index contributed by atoms with van der Waals surface area (Å²) in [6.07, 6.45) is 0. The van der Waals surface area contributed by atoms with Gasteiger partial charge in [-0.1, -0.05) is 23.9 Å².